The minimum atomic E-state index is -3.58. The zero-order valence-electron chi connectivity index (χ0n) is 14.3. The van der Waals surface area contributed by atoms with Gasteiger partial charge in [0.15, 0.2) is 0 Å². The van der Waals surface area contributed by atoms with E-state index in [2.05, 4.69) is 10.0 Å². The van der Waals surface area contributed by atoms with Crippen LogP contribution >= 0.6 is 0 Å². The van der Waals surface area contributed by atoms with Gasteiger partial charge < -0.3 is 5.32 Å². The van der Waals surface area contributed by atoms with Gasteiger partial charge in [-0.05, 0) is 62.7 Å². The van der Waals surface area contributed by atoms with Crippen molar-refractivity contribution in [3.8, 4) is 0 Å². The van der Waals surface area contributed by atoms with Crippen molar-refractivity contribution < 1.29 is 13.2 Å². The SMILES string of the molecule is CNS(=O)(=O)c1cccc(C(=O)N[C@H](C)c2ccc(C)c(C)c2)c1. The molecular formula is C18H22N2O3S. The van der Waals surface area contributed by atoms with Crippen molar-refractivity contribution >= 4 is 15.9 Å². The Kier molecular flexibility index (Phi) is 5.41. The predicted octanol–water partition coefficient (Wildman–Crippen LogP) is 2.70. The normalized spacial score (nSPS) is 12.7. The fourth-order valence-corrected chi connectivity index (χ4v) is 3.10. The number of amides is 1. The predicted molar refractivity (Wildman–Crippen MR) is 94.5 cm³/mol. The van der Waals surface area contributed by atoms with Gasteiger partial charge >= 0.3 is 0 Å². The monoisotopic (exact) mass is 346 g/mol. The van der Waals surface area contributed by atoms with E-state index in [4.69, 9.17) is 0 Å². The van der Waals surface area contributed by atoms with Crippen molar-refractivity contribution in [2.24, 2.45) is 0 Å². The third-order valence-electron chi connectivity index (χ3n) is 4.05. The van der Waals surface area contributed by atoms with Crippen molar-refractivity contribution in [1.82, 2.24) is 10.0 Å². The summed E-state index contributed by atoms with van der Waals surface area (Å²) in [6.07, 6.45) is 0. The molecule has 1 atom stereocenters. The first-order chi connectivity index (χ1) is 11.2. The maximum absolute atomic E-state index is 12.4. The Morgan fingerprint density at radius 1 is 1.04 bits per heavy atom. The second-order valence-electron chi connectivity index (χ2n) is 5.77. The van der Waals surface area contributed by atoms with Gasteiger partial charge in [0.05, 0.1) is 10.9 Å². The molecule has 0 heterocycles. The van der Waals surface area contributed by atoms with E-state index >= 15 is 0 Å². The van der Waals surface area contributed by atoms with E-state index in [0.29, 0.717) is 5.56 Å². The van der Waals surface area contributed by atoms with Crippen LogP contribution in [0.2, 0.25) is 0 Å². The number of nitrogens with one attached hydrogen (secondary N) is 2. The topological polar surface area (TPSA) is 75.3 Å². The number of carbonyl (C=O) groups excluding carboxylic acids is 1. The molecule has 0 bridgehead atoms. The standard InChI is InChI=1S/C18H22N2O3S/c1-12-8-9-15(10-13(12)2)14(3)20-18(21)16-6-5-7-17(11-16)24(22,23)19-4/h5-11,14,19H,1-4H3,(H,20,21)/t14-/m1/s1. The molecule has 6 heteroatoms. The number of rotatable bonds is 5. The molecule has 0 radical (unpaired) electrons. The molecule has 0 aliphatic heterocycles. The maximum atomic E-state index is 12.4. The van der Waals surface area contributed by atoms with Gasteiger partial charge in [-0.1, -0.05) is 24.3 Å². The van der Waals surface area contributed by atoms with Crippen LogP contribution in [0.25, 0.3) is 0 Å². The second kappa shape index (κ2) is 7.15. The van der Waals surface area contributed by atoms with E-state index < -0.39 is 10.0 Å². The van der Waals surface area contributed by atoms with Gasteiger partial charge in [0, 0.05) is 5.56 Å². The highest BCUT2D eigenvalue weighted by Gasteiger charge is 2.16. The molecule has 5 nitrogen and oxygen atoms in total. The Balaban J connectivity index is 2.20. The van der Waals surface area contributed by atoms with Crippen LogP contribution in [0.4, 0.5) is 0 Å². The third kappa shape index (κ3) is 4.01. The first-order valence-corrected chi connectivity index (χ1v) is 9.14. The summed E-state index contributed by atoms with van der Waals surface area (Å²) in [5, 5.41) is 2.90. The highest BCUT2D eigenvalue weighted by atomic mass is 32.2. The van der Waals surface area contributed by atoms with Gasteiger partial charge in [-0.3, -0.25) is 4.79 Å². The Hall–Kier alpha value is -2.18. The number of carbonyl (C=O) groups is 1. The van der Waals surface area contributed by atoms with Crippen LogP contribution in [0.5, 0.6) is 0 Å². The highest BCUT2D eigenvalue weighted by molar-refractivity contribution is 7.89. The van der Waals surface area contributed by atoms with Crippen molar-refractivity contribution in [2.45, 2.75) is 31.7 Å². The largest absolute Gasteiger partial charge is 0.346 e. The summed E-state index contributed by atoms with van der Waals surface area (Å²) in [7, 11) is -2.24. The first kappa shape index (κ1) is 18.2. The van der Waals surface area contributed by atoms with Crippen LogP contribution in [0.3, 0.4) is 0 Å². The third-order valence-corrected chi connectivity index (χ3v) is 5.47. The number of sulfonamides is 1. The summed E-state index contributed by atoms with van der Waals surface area (Å²) in [6, 6.07) is 11.8. The van der Waals surface area contributed by atoms with Crippen LogP contribution in [0.15, 0.2) is 47.4 Å². The second-order valence-corrected chi connectivity index (χ2v) is 7.66. The summed E-state index contributed by atoms with van der Waals surface area (Å²) < 4.78 is 25.9. The Morgan fingerprint density at radius 3 is 2.38 bits per heavy atom. The van der Waals surface area contributed by atoms with Crippen LogP contribution in [-0.4, -0.2) is 21.4 Å². The Bertz CT molecular complexity index is 860. The smallest absolute Gasteiger partial charge is 0.251 e. The van der Waals surface area contributed by atoms with Crippen molar-refractivity contribution in [3.63, 3.8) is 0 Å². The molecule has 2 N–H and O–H groups in total. The summed E-state index contributed by atoms with van der Waals surface area (Å²) in [4.78, 5) is 12.5. The summed E-state index contributed by atoms with van der Waals surface area (Å²) in [5.41, 5.74) is 3.67. The van der Waals surface area contributed by atoms with Gasteiger partial charge in [-0.25, -0.2) is 13.1 Å². The number of hydrogen-bond acceptors (Lipinski definition) is 3. The average molecular weight is 346 g/mol. The quantitative estimate of drug-likeness (QED) is 0.874. The molecule has 0 aliphatic carbocycles. The molecule has 0 aromatic heterocycles. The Labute approximate surface area is 143 Å². The molecule has 2 aromatic carbocycles. The Morgan fingerprint density at radius 2 is 1.75 bits per heavy atom. The van der Waals surface area contributed by atoms with Crippen LogP contribution in [0.1, 0.15) is 40.0 Å². The average Bonchev–Trinajstić information content (AvgIpc) is 2.57. The van der Waals surface area contributed by atoms with Gasteiger partial charge in [0.2, 0.25) is 10.0 Å². The van der Waals surface area contributed by atoms with E-state index in [1.54, 1.807) is 12.1 Å². The zero-order chi connectivity index (χ0) is 17.9. The van der Waals surface area contributed by atoms with Crippen LogP contribution in [0, 0.1) is 13.8 Å². The molecule has 0 aliphatic rings. The van der Waals surface area contributed by atoms with E-state index in [1.165, 1.54) is 24.7 Å². The molecule has 24 heavy (non-hydrogen) atoms. The van der Waals surface area contributed by atoms with E-state index in [9.17, 15) is 13.2 Å². The lowest BCUT2D eigenvalue weighted by molar-refractivity contribution is 0.0939. The van der Waals surface area contributed by atoms with Gasteiger partial charge in [-0.15, -0.1) is 0 Å². The molecule has 2 rings (SSSR count). The van der Waals surface area contributed by atoms with Gasteiger partial charge in [-0.2, -0.15) is 0 Å². The lowest BCUT2D eigenvalue weighted by Crippen LogP contribution is -2.27. The number of benzene rings is 2. The molecule has 0 saturated carbocycles. The molecule has 0 saturated heterocycles. The minimum Gasteiger partial charge on any atom is -0.346 e. The molecule has 0 unspecified atom stereocenters. The van der Waals surface area contributed by atoms with Crippen LogP contribution in [-0.2, 0) is 10.0 Å². The van der Waals surface area contributed by atoms with Crippen molar-refractivity contribution in [1.29, 1.82) is 0 Å². The number of aryl methyl sites for hydroxylation is 2. The molecule has 2 aromatic rings. The molecular weight excluding hydrogens is 324 g/mol. The zero-order valence-corrected chi connectivity index (χ0v) is 15.1. The van der Waals surface area contributed by atoms with Crippen molar-refractivity contribution in [3.05, 3.63) is 64.7 Å². The lowest BCUT2D eigenvalue weighted by atomic mass is 10.0. The number of hydrogen-bond donors (Lipinski definition) is 2. The highest BCUT2D eigenvalue weighted by Crippen LogP contribution is 2.18. The van der Waals surface area contributed by atoms with Crippen molar-refractivity contribution in [2.75, 3.05) is 7.05 Å². The van der Waals surface area contributed by atoms with Gasteiger partial charge in [0.25, 0.3) is 5.91 Å². The van der Waals surface area contributed by atoms with E-state index in [1.807, 2.05) is 39.0 Å². The molecule has 0 fully saturated rings. The minimum absolute atomic E-state index is 0.0662. The van der Waals surface area contributed by atoms with Gasteiger partial charge in [0.1, 0.15) is 0 Å². The molecule has 1 amide bonds. The first-order valence-electron chi connectivity index (χ1n) is 7.66. The lowest BCUT2D eigenvalue weighted by Gasteiger charge is -2.16. The maximum Gasteiger partial charge on any atom is 0.251 e. The fraction of sp³-hybridized carbons (Fsp3) is 0.278. The fourth-order valence-electron chi connectivity index (χ4n) is 2.32. The van der Waals surface area contributed by atoms with Crippen LogP contribution < -0.4 is 10.0 Å². The molecule has 0 spiro atoms. The summed E-state index contributed by atoms with van der Waals surface area (Å²) >= 11 is 0. The van der Waals surface area contributed by atoms with E-state index in [-0.39, 0.29) is 16.8 Å². The molecule has 128 valence electrons. The summed E-state index contributed by atoms with van der Waals surface area (Å²) in [5.74, 6) is -0.311. The van der Waals surface area contributed by atoms with E-state index in [0.717, 1.165) is 11.1 Å². The summed E-state index contributed by atoms with van der Waals surface area (Å²) in [6.45, 7) is 5.96.